The van der Waals surface area contributed by atoms with Gasteiger partial charge in [0.1, 0.15) is 0 Å². The summed E-state index contributed by atoms with van der Waals surface area (Å²) < 4.78 is 0. The zero-order chi connectivity index (χ0) is 17.9. The molecule has 0 N–H and O–H groups in total. The normalized spacial score (nSPS) is 10.6. The van der Waals surface area contributed by atoms with Crippen LogP contribution in [-0.4, -0.2) is 16.7 Å². The summed E-state index contributed by atoms with van der Waals surface area (Å²) in [5.41, 5.74) is 0.725. The lowest BCUT2D eigenvalue weighted by molar-refractivity contribution is -0.111. The van der Waals surface area contributed by atoms with Crippen molar-refractivity contribution in [2.45, 2.75) is 48.8 Å². The van der Waals surface area contributed by atoms with Crippen LogP contribution in [0.25, 0.3) is 0 Å². The van der Waals surface area contributed by atoms with Gasteiger partial charge in [-0.15, -0.1) is 0 Å². The van der Waals surface area contributed by atoms with Crippen LogP contribution < -0.4 is 0 Å². The number of benzene rings is 2. The van der Waals surface area contributed by atoms with Crippen molar-refractivity contribution in [3.05, 3.63) is 60.2 Å². The fourth-order valence-corrected chi connectivity index (χ4v) is 4.06. The Labute approximate surface area is 158 Å². The van der Waals surface area contributed by atoms with Gasteiger partial charge in [-0.2, -0.15) is 0 Å². The van der Waals surface area contributed by atoms with Crippen LogP contribution in [0.3, 0.4) is 0 Å². The van der Waals surface area contributed by atoms with E-state index in [2.05, 4.69) is 19.1 Å². The Balaban J connectivity index is 1.75. The molecule has 0 aliphatic carbocycles. The predicted octanol–water partition coefficient (Wildman–Crippen LogP) is 6.25. The van der Waals surface area contributed by atoms with Gasteiger partial charge in [0.25, 0.3) is 0 Å². The van der Waals surface area contributed by atoms with Gasteiger partial charge in [0, 0.05) is 33.9 Å². The van der Waals surface area contributed by atoms with Crippen molar-refractivity contribution >= 4 is 34.4 Å². The summed E-state index contributed by atoms with van der Waals surface area (Å²) in [7, 11) is 0. The zero-order valence-electron chi connectivity index (χ0n) is 14.6. The average molecular weight is 373 g/mol. The highest BCUT2D eigenvalue weighted by molar-refractivity contribution is 8.13. The maximum Gasteiger partial charge on any atom is 0.188 e. The van der Waals surface area contributed by atoms with Gasteiger partial charge in [-0.3, -0.25) is 9.59 Å². The molecule has 4 heteroatoms. The quantitative estimate of drug-likeness (QED) is 0.364. The molecule has 0 radical (unpaired) electrons. The summed E-state index contributed by atoms with van der Waals surface area (Å²) in [6.45, 7) is 2.12. The first-order chi connectivity index (χ1) is 12.2. The smallest absolute Gasteiger partial charge is 0.188 e. The van der Waals surface area contributed by atoms with Crippen LogP contribution in [0.4, 0.5) is 0 Å². The molecule has 2 aromatic rings. The molecule has 0 spiro atoms. The maximum atomic E-state index is 12.2. The van der Waals surface area contributed by atoms with Gasteiger partial charge in [-0.05, 0) is 37.1 Å². The maximum absolute atomic E-state index is 12.2. The number of carbonyl (C=O) groups is 2. The molecule has 0 saturated heterocycles. The van der Waals surface area contributed by atoms with Gasteiger partial charge >= 0.3 is 0 Å². The highest BCUT2D eigenvalue weighted by Crippen LogP contribution is 2.27. The SMILES string of the molecule is CCCCSC(=O)CCCC(=O)c1ccc(Sc2ccccc2)cc1. The topological polar surface area (TPSA) is 34.1 Å². The predicted molar refractivity (Wildman–Crippen MR) is 108 cm³/mol. The third kappa shape index (κ3) is 7.49. The Kier molecular flexibility index (Phi) is 8.84. The molecule has 25 heavy (non-hydrogen) atoms. The summed E-state index contributed by atoms with van der Waals surface area (Å²) in [6.07, 6.45) is 3.74. The van der Waals surface area contributed by atoms with Crippen molar-refractivity contribution in [1.82, 2.24) is 0 Å². The largest absolute Gasteiger partial charge is 0.294 e. The van der Waals surface area contributed by atoms with Crippen molar-refractivity contribution in [2.75, 3.05) is 5.75 Å². The van der Waals surface area contributed by atoms with E-state index in [0.29, 0.717) is 19.3 Å². The lowest BCUT2D eigenvalue weighted by Crippen LogP contribution is -2.01. The van der Waals surface area contributed by atoms with Gasteiger partial charge in [0.05, 0.1) is 0 Å². The van der Waals surface area contributed by atoms with Crippen molar-refractivity contribution in [2.24, 2.45) is 0 Å². The molecule has 0 aromatic heterocycles. The minimum atomic E-state index is 0.114. The van der Waals surface area contributed by atoms with E-state index in [4.69, 9.17) is 0 Å². The minimum absolute atomic E-state index is 0.114. The standard InChI is InChI=1S/C21H24O2S2/c1-2-3-16-24-21(23)11-7-10-20(22)17-12-14-19(15-13-17)25-18-8-5-4-6-9-18/h4-6,8-9,12-15H,2-3,7,10-11,16H2,1H3. The first-order valence-electron chi connectivity index (χ1n) is 8.71. The summed E-state index contributed by atoms with van der Waals surface area (Å²) in [5, 5.41) is 0.204. The third-order valence-electron chi connectivity index (χ3n) is 3.70. The lowest BCUT2D eigenvalue weighted by atomic mass is 10.1. The number of Topliss-reactive ketones (excluding diaryl/α,β-unsaturated/α-hetero) is 1. The summed E-state index contributed by atoms with van der Waals surface area (Å²) in [6, 6.07) is 17.9. The fraction of sp³-hybridized carbons (Fsp3) is 0.333. The van der Waals surface area contributed by atoms with E-state index in [-0.39, 0.29) is 10.9 Å². The van der Waals surface area contributed by atoms with E-state index >= 15 is 0 Å². The number of hydrogen-bond donors (Lipinski definition) is 0. The number of thioether (sulfide) groups is 1. The second-order valence-corrected chi connectivity index (χ2v) is 8.09. The molecule has 132 valence electrons. The second-order valence-electron chi connectivity index (χ2n) is 5.79. The molecule has 0 atom stereocenters. The molecule has 2 rings (SSSR count). The van der Waals surface area contributed by atoms with E-state index in [1.54, 1.807) is 11.8 Å². The van der Waals surface area contributed by atoms with Gasteiger partial charge in [-0.1, -0.05) is 67.2 Å². The van der Waals surface area contributed by atoms with E-state index in [1.165, 1.54) is 16.7 Å². The minimum Gasteiger partial charge on any atom is -0.294 e. The molecular formula is C21H24O2S2. The average Bonchev–Trinajstić information content (AvgIpc) is 2.63. The molecule has 0 unspecified atom stereocenters. The molecule has 2 aromatic carbocycles. The Bertz CT molecular complexity index is 666. The third-order valence-corrected chi connectivity index (χ3v) is 5.74. The zero-order valence-corrected chi connectivity index (χ0v) is 16.2. The first-order valence-corrected chi connectivity index (χ1v) is 10.5. The van der Waals surface area contributed by atoms with E-state index in [9.17, 15) is 9.59 Å². The molecular weight excluding hydrogens is 348 g/mol. The summed E-state index contributed by atoms with van der Waals surface area (Å²) >= 11 is 3.08. The van der Waals surface area contributed by atoms with Crippen LogP contribution in [0.2, 0.25) is 0 Å². The summed E-state index contributed by atoms with van der Waals surface area (Å²) in [5.74, 6) is 1.01. The van der Waals surface area contributed by atoms with E-state index in [1.807, 2.05) is 42.5 Å². The van der Waals surface area contributed by atoms with Crippen LogP contribution in [0, 0.1) is 0 Å². The van der Waals surface area contributed by atoms with Gasteiger partial charge in [-0.25, -0.2) is 0 Å². The summed E-state index contributed by atoms with van der Waals surface area (Å²) in [4.78, 5) is 26.2. The van der Waals surface area contributed by atoms with Crippen molar-refractivity contribution in [3.8, 4) is 0 Å². The Morgan fingerprint density at radius 1 is 0.840 bits per heavy atom. The first kappa shape index (κ1) is 19.8. The molecule has 0 amide bonds. The number of unbranched alkanes of at least 4 members (excludes halogenated alkanes) is 1. The van der Waals surface area contributed by atoms with Gasteiger partial charge < -0.3 is 0 Å². The molecule has 0 saturated carbocycles. The fourth-order valence-electron chi connectivity index (χ4n) is 2.27. The van der Waals surface area contributed by atoms with Crippen molar-refractivity contribution in [1.29, 1.82) is 0 Å². The number of hydrogen-bond acceptors (Lipinski definition) is 4. The molecule has 0 aliphatic heterocycles. The van der Waals surface area contributed by atoms with E-state index < -0.39 is 0 Å². The van der Waals surface area contributed by atoms with Gasteiger partial charge in [0.2, 0.25) is 0 Å². The Hall–Kier alpha value is -1.52. The van der Waals surface area contributed by atoms with Crippen LogP contribution in [0.5, 0.6) is 0 Å². The van der Waals surface area contributed by atoms with Crippen molar-refractivity contribution < 1.29 is 9.59 Å². The molecule has 0 bridgehead atoms. The Morgan fingerprint density at radius 2 is 1.52 bits per heavy atom. The molecule has 0 fully saturated rings. The van der Waals surface area contributed by atoms with Crippen molar-refractivity contribution in [3.63, 3.8) is 0 Å². The molecule has 0 aliphatic rings. The van der Waals surface area contributed by atoms with Crippen LogP contribution in [0.1, 0.15) is 49.4 Å². The van der Waals surface area contributed by atoms with Crippen LogP contribution >= 0.6 is 23.5 Å². The number of ketones is 1. The number of rotatable bonds is 10. The van der Waals surface area contributed by atoms with Crippen LogP contribution in [-0.2, 0) is 4.79 Å². The highest BCUT2D eigenvalue weighted by atomic mass is 32.2. The molecule has 0 heterocycles. The van der Waals surface area contributed by atoms with Crippen LogP contribution in [0.15, 0.2) is 64.4 Å². The van der Waals surface area contributed by atoms with E-state index in [0.717, 1.165) is 29.1 Å². The Morgan fingerprint density at radius 3 is 2.20 bits per heavy atom. The highest BCUT2D eigenvalue weighted by Gasteiger charge is 2.08. The number of carbonyl (C=O) groups excluding carboxylic acids is 2. The van der Waals surface area contributed by atoms with Gasteiger partial charge in [0.15, 0.2) is 10.9 Å². The monoisotopic (exact) mass is 372 g/mol. The lowest BCUT2D eigenvalue weighted by Gasteiger charge is -2.04. The second kappa shape index (κ2) is 11.2. The molecule has 2 nitrogen and oxygen atoms in total.